The van der Waals surface area contributed by atoms with Crippen molar-refractivity contribution in [1.29, 1.82) is 0 Å². The van der Waals surface area contributed by atoms with Crippen molar-refractivity contribution in [3.63, 3.8) is 0 Å². The summed E-state index contributed by atoms with van der Waals surface area (Å²) in [5, 5.41) is 5.72. The average molecular weight is 337 g/mol. The zero-order chi connectivity index (χ0) is 17.2. The largest absolute Gasteiger partial charge is 0.496 e. The summed E-state index contributed by atoms with van der Waals surface area (Å²) in [4.78, 5) is 14.3. The van der Waals surface area contributed by atoms with Crippen LogP contribution in [0.15, 0.2) is 24.3 Å². The van der Waals surface area contributed by atoms with Crippen molar-refractivity contribution in [3.8, 4) is 5.75 Å². The van der Waals surface area contributed by atoms with Crippen LogP contribution in [0.4, 0.5) is 4.79 Å². The second kappa shape index (κ2) is 10.1. The average Bonchev–Trinajstić information content (AvgIpc) is 2.63. The summed E-state index contributed by atoms with van der Waals surface area (Å²) in [7, 11) is 3.27. The fraction of sp³-hybridized carbons (Fsp3) is 0.588. The Morgan fingerprint density at radius 1 is 1.25 bits per heavy atom. The molecule has 1 unspecified atom stereocenters. The molecule has 0 aromatic heterocycles. The molecule has 134 valence electrons. The number of carbonyl (C=O) groups excluding carboxylic acids is 1. The number of amides is 2. The summed E-state index contributed by atoms with van der Waals surface area (Å²) < 4.78 is 15.9. The Morgan fingerprint density at radius 2 is 2.00 bits per heavy atom. The van der Waals surface area contributed by atoms with Crippen LogP contribution in [0.25, 0.3) is 0 Å². The number of nitrogens with zero attached hydrogens (tertiary/aromatic N) is 1. The minimum atomic E-state index is -0.194. The molecule has 2 rings (SSSR count). The van der Waals surface area contributed by atoms with Crippen LogP contribution >= 0.6 is 0 Å². The van der Waals surface area contributed by atoms with E-state index in [2.05, 4.69) is 15.5 Å². The monoisotopic (exact) mass is 337 g/mol. The van der Waals surface area contributed by atoms with Gasteiger partial charge < -0.3 is 24.8 Å². The molecular weight excluding hydrogens is 310 g/mol. The quantitative estimate of drug-likeness (QED) is 0.693. The smallest absolute Gasteiger partial charge is 0.314 e. The highest BCUT2D eigenvalue weighted by Gasteiger charge is 2.25. The molecule has 7 heteroatoms. The van der Waals surface area contributed by atoms with E-state index in [1.807, 2.05) is 24.3 Å². The molecule has 1 aliphatic heterocycles. The van der Waals surface area contributed by atoms with Gasteiger partial charge in [-0.15, -0.1) is 0 Å². The summed E-state index contributed by atoms with van der Waals surface area (Å²) >= 11 is 0. The Bertz CT molecular complexity index is 506. The number of benzene rings is 1. The maximum Gasteiger partial charge on any atom is 0.314 e. The highest BCUT2D eigenvalue weighted by atomic mass is 16.5. The molecule has 1 saturated heterocycles. The van der Waals surface area contributed by atoms with Gasteiger partial charge in [0.2, 0.25) is 0 Å². The lowest BCUT2D eigenvalue weighted by Gasteiger charge is -2.35. The molecule has 0 spiro atoms. The third-order valence-corrected chi connectivity index (χ3v) is 4.03. The third kappa shape index (κ3) is 5.36. The number of carbonyl (C=O) groups is 1. The number of para-hydroxylation sites is 1. The Kier molecular flexibility index (Phi) is 7.81. The Hall–Kier alpha value is -1.83. The summed E-state index contributed by atoms with van der Waals surface area (Å²) in [5.41, 5.74) is 1.07. The fourth-order valence-electron chi connectivity index (χ4n) is 2.79. The lowest BCUT2D eigenvalue weighted by Crippen LogP contribution is -2.46. The zero-order valence-electron chi connectivity index (χ0n) is 14.4. The molecule has 0 aliphatic carbocycles. The number of methoxy groups -OCH3 is 2. The molecule has 24 heavy (non-hydrogen) atoms. The number of rotatable bonds is 8. The van der Waals surface area contributed by atoms with Crippen molar-refractivity contribution >= 4 is 6.03 Å². The first-order valence-electron chi connectivity index (χ1n) is 8.21. The molecule has 1 fully saturated rings. The maximum absolute atomic E-state index is 11.9. The van der Waals surface area contributed by atoms with Gasteiger partial charge in [-0.2, -0.15) is 0 Å². The van der Waals surface area contributed by atoms with E-state index in [1.54, 1.807) is 14.2 Å². The van der Waals surface area contributed by atoms with Crippen LogP contribution in [-0.2, 0) is 9.47 Å². The van der Waals surface area contributed by atoms with Crippen LogP contribution in [0, 0.1) is 0 Å². The number of urea groups is 1. The number of hydrogen-bond donors (Lipinski definition) is 2. The van der Waals surface area contributed by atoms with Gasteiger partial charge in [0.15, 0.2) is 0 Å². The Balaban J connectivity index is 2.04. The van der Waals surface area contributed by atoms with Gasteiger partial charge in [0.1, 0.15) is 5.75 Å². The van der Waals surface area contributed by atoms with E-state index in [1.165, 1.54) is 0 Å². The van der Waals surface area contributed by atoms with Crippen LogP contribution in [-0.4, -0.2) is 71.2 Å². The van der Waals surface area contributed by atoms with Gasteiger partial charge >= 0.3 is 6.03 Å². The number of nitrogens with one attached hydrogen (secondary N) is 2. The first-order valence-corrected chi connectivity index (χ1v) is 8.21. The van der Waals surface area contributed by atoms with Gasteiger partial charge in [0.05, 0.1) is 33.0 Å². The SMILES string of the molecule is COCCNC(=O)NCC(c1ccccc1OC)N1CCOCC1. The second-order valence-corrected chi connectivity index (χ2v) is 5.54. The van der Waals surface area contributed by atoms with Gasteiger partial charge in [-0.05, 0) is 6.07 Å². The van der Waals surface area contributed by atoms with Crippen molar-refractivity contribution in [2.24, 2.45) is 0 Å². The number of ether oxygens (including phenoxy) is 3. The molecule has 1 aliphatic rings. The number of morpholine rings is 1. The van der Waals surface area contributed by atoms with Crippen LogP contribution in [0.2, 0.25) is 0 Å². The lowest BCUT2D eigenvalue weighted by atomic mass is 10.0. The van der Waals surface area contributed by atoms with E-state index in [0.29, 0.717) is 32.9 Å². The first-order chi connectivity index (χ1) is 11.8. The number of hydrogen-bond acceptors (Lipinski definition) is 5. The van der Waals surface area contributed by atoms with Crippen molar-refractivity contribution < 1.29 is 19.0 Å². The molecule has 7 nitrogen and oxygen atoms in total. The molecule has 1 aromatic rings. The zero-order valence-corrected chi connectivity index (χ0v) is 14.4. The molecule has 2 N–H and O–H groups in total. The summed E-state index contributed by atoms with van der Waals surface area (Å²) in [6.07, 6.45) is 0. The third-order valence-electron chi connectivity index (χ3n) is 4.03. The van der Waals surface area contributed by atoms with E-state index in [0.717, 1.165) is 24.4 Å². The predicted octanol–water partition coefficient (Wildman–Crippen LogP) is 1.01. The van der Waals surface area contributed by atoms with E-state index in [4.69, 9.17) is 14.2 Å². The summed E-state index contributed by atoms with van der Waals surface area (Å²) in [6, 6.07) is 7.77. The minimum absolute atomic E-state index is 0.0400. The maximum atomic E-state index is 11.9. The normalized spacial score (nSPS) is 16.4. The first kappa shape index (κ1) is 18.5. The highest BCUT2D eigenvalue weighted by molar-refractivity contribution is 5.73. The van der Waals surface area contributed by atoms with Gasteiger partial charge in [-0.3, -0.25) is 4.90 Å². The van der Waals surface area contributed by atoms with Crippen LogP contribution < -0.4 is 15.4 Å². The van der Waals surface area contributed by atoms with E-state index in [9.17, 15) is 4.79 Å². The lowest BCUT2D eigenvalue weighted by molar-refractivity contribution is 0.0162. The van der Waals surface area contributed by atoms with E-state index in [-0.39, 0.29) is 12.1 Å². The van der Waals surface area contributed by atoms with Crippen molar-refractivity contribution in [2.75, 3.05) is 60.2 Å². The van der Waals surface area contributed by atoms with E-state index < -0.39 is 0 Å². The molecule has 1 aromatic carbocycles. The fourth-order valence-corrected chi connectivity index (χ4v) is 2.79. The molecule has 0 radical (unpaired) electrons. The molecule has 0 bridgehead atoms. The minimum Gasteiger partial charge on any atom is -0.496 e. The van der Waals surface area contributed by atoms with Gasteiger partial charge in [0.25, 0.3) is 0 Å². The topological polar surface area (TPSA) is 72.1 Å². The molecular formula is C17H27N3O4. The van der Waals surface area contributed by atoms with E-state index >= 15 is 0 Å². The predicted molar refractivity (Wildman–Crippen MR) is 91.4 cm³/mol. The van der Waals surface area contributed by atoms with Gasteiger partial charge in [-0.25, -0.2) is 4.79 Å². The van der Waals surface area contributed by atoms with Gasteiger partial charge in [0, 0.05) is 38.9 Å². The summed E-state index contributed by atoms with van der Waals surface area (Å²) in [6.45, 7) is 4.54. The summed E-state index contributed by atoms with van der Waals surface area (Å²) in [5.74, 6) is 0.829. The Morgan fingerprint density at radius 3 is 2.71 bits per heavy atom. The van der Waals surface area contributed by atoms with Crippen LogP contribution in [0.5, 0.6) is 5.75 Å². The standard InChI is InChI=1S/C17H27N3O4/c1-22-10-7-18-17(21)19-13-15(20-8-11-24-12-9-20)14-5-3-4-6-16(14)23-2/h3-6,15H,7-13H2,1-2H3,(H2,18,19,21). The van der Waals surface area contributed by atoms with Crippen molar-refractivity contribution in [1.82, 2.24) is 15.5 Å². The highest BCUT2D eigenvalue weighted by Crippen LogP contribution is 2.29. The van der Waals surface area contributed by atoms with Crippen LogP contribution in [0.3, 0.4) is 0 Å². The molecule has 1 heterocycles. The second-order valence-electron chi connectivity index (χ2n) is 5.54. The van der Waals surface area contributed by atoms with Crippen molar-refractivity contribution in [3.05, 3.63) is 29.8 Å². The molecule has 1 atom stereocenters. The van der Waals surface area contributed by atoms with Crippen LogP contribution in [0.1, 0.15) is 11.6 Å². The molecule has 2 amide bonds. The Labute approximate surface area is 143 Å². The molecule has 0 saturated carbocycles. The van der Waals surface area contributed by atoms with Gasteiger partial charge in [-0.1, -0.05) is 18.2 Å². The van der Waals surface area contributed by atoms with Crippen molar-refractivity contribution in [2.45, 2.75) is 6.04 Å².